The van der Waals surface area contributed by atoms with E-state index in [1.807, 2.05) is 13.0 Å². The van der Waals surface area contributed by atoms with Crippen molar-refractivity contribution in [2.75, 3.05) is 26.7 Å². The highest BCUT2D eigenvalue weighted by Gasteiger charge is 2.19. The third kappa shape index (κ3) is 5.18. The molecule has 6 heteroatoms. The lowest BCUT2D eigenvalue weighted by molar-refractivity contribution is -0.115. The molecular weight excluding hydrogens is 304 g/mol. The molecule has 0 radical (unpaired) electrons. The molecule has 0 saturated heterocycles. The quantitative estimate of drug-likeness (QED) is 0.507. The first-order valence-electron chi connectivity index (χ1n) is 8.26. The topological polar surface area (TPSA) is 77.0 Å². The van der Waals surface area contributed by atoms with Gasteiger partial charge in [-0.1, -0.05) is 30.3 Å². The van der Waals surface area contributed by atoms with Crippen LogP contribution in [0.25, 0.3) is 0 Å². The number of nitrogens with zero attached hydrogens (tertiary/aromatic N) is 2. The van der Waals surface area contributed by atoms with Crippen LogP contribution in [-0.4, -0.2) is 54.4 Å². The van der Waals surface area contributed by atoms with E-state index in [0.29, 0.717) is 12.3 Å². The molecule has 0 bridgehead atoms. The Morgan fingerprint density at radius 3 is 2.88 bits per heavy atom. The molecule has 0 spiro atoms. The molecule has 1 unspecified atom stereocenters. The van der Waals surface area contributed by atoms with Gasteiger partial charge in [-0.2, -0.15) is 5.10 Å². The summed E-state index contributed by atoms with van der Waals surface area (Å²) in [6.07, 6.45) is 3.76. The smallest absolute Gasteiger partial charge is 0.271 e. The summed E-state index contributed by atoms with van der Waals surface area (Å²) in [6.45, 7) is 4.33. The van der Waals surface area contributed by atoms with Crippen LogP contribution in [0.3, 0.4) is 0 Å². The van der Waals surface area contributed by atoms with Gasteiger partial charge in [0.05, 0.1) is 6.10 Å². The third-order valence-electron chi connectivity index (χ3n) is 3.97. The summed E-state index contributed by atoms with van der Waals surface area (Å²) in [5, 5.41) is 16.8. The molecule has 1 atom stereocenters. The monoisotopic (exact) mass is 330 g/mol. The lowest BCUT2D eigenvalue weighted by atomic mass is 10.00. The Morgan fingerprint density at radius 2 is 2.17 bits per heavy atom. The molecule has 1 amide bonds. The maximum Gasteiger partial charge on any atom is 0.271 e. The van der Waals surface area contributed by atoms with Crippen molar-refractivity contribution in [1.29, 1.82) is 0 Å². The Hall–Kier alpha value is -2.18. The van der Waals surface area contributed by atoms with Gasteiger partial charge in [0, 0.05) is 33.2 Å². The first-order valence-corrected chi connectivity index (χ1v) is 8.26. The van der Waals surface area contributed by atoms with E-state index in [0.717, 1.165) is 19.5 Å². The van der Waals surface area contributed by atoms with Crippen LogP contribution in [0.1, 0.15) is 18.1 Å². The number of carbonyl (C=O) groups excluding carboxylic acids is 1. The van der Waals surface area contributed by atoms with E-state index in [9.17, 15) is 9.90 Å². The molecule has 1 aliphatic rings. The third-order valence-corrected chi connectivity index (χ3v) is 3.97. The summed E-state index contributed by atoms with van der Waals surface area (Å²) in [4.78, 5) is 14.2. The fourth-order valence-electron chi connectivity index (χ4n) is 2.82. The molecule has 1 aromatic rings. The van der Waals surface area contributed by atoms with Crippen molar-refractivity contribution < 1.29 is 9.90 Å². The molecular formula is C18H26N4O2. The summed E-state index contributed by atoms with van der Waals surface area (Å²) in [7, 11) is 1.64. The number of hydrogen-bond donors (Lipinski definition) is 3. The van der Waals surface area contributed by atoms with E-state index in [1.165, 1.54) is 11.1 Å². The number of aliphatic hydroxyl groups excluding tert-OH is 1. The molecule has 2 rings (SSSR count). The Kier molecular flexibility index (Phi) is 6.96. The molecule has 1 heterocycles. The van der Waals surface area contributed by atoms with Crippen LogP contribution < -0.4 is 10.7 Å². The van der Waals surface area contributed by atoms with Gasteiger partial charge in [-0.15, -0.1) is 0 Å². The summed E-state index contributed by atoms with van der Waals surface area (Å²) in [5.41, 5.74) is 5.59. The largest absolute Gasteiger partial charge is 0.390 e. The average molecular weight is 330 g/mol. The number of carbonyl (C=O) groups is 1. The Bertz CT molecular complexity index is 613. The van der Waals surface area contributed by atoms with Crippen molar-refractivity contribution in [2.24, 2.45) is 5.10 Å². The van der Waals surface area contributed by atoms with Gasteiger partial charge in [0.1, 0.15) is 5.71 Å². The number of fused-ring (bicyclic) bond motifs is 1. The zero-order valence-corrected chi connectivity index (χ0v) is 14.3. The molecule has 1 aliphatic heterocycles. The number of rotatable bonds is 7. The van der Waals surface area contributed by atoms with Gasteiger partial charge >= 0.3 is 0 Å². The second-order valence-corrected chi connectivity index (χ2v) is 5.84. The van der Waals surface area contributed by atoms with Gasteiger partial charge in [0.25, 0.3) is 5.91 Å². The van der Waals surface area contributed by atoms with Crippen LogP contribution in [0.4, 0.5) is 0 Å². The van der Waals surface area contributed by atoms with Crippen molar-refractivity contribution in [3.63, 3.8) is 0 Å². The van der Waals surface area contributed by atoms with Crippen molar-refractivity contribution >= 4 is 11.6 Å². The van der Waals surface area contributed by atoms with Crippen molar-refractivity contribution in [1.82, 2.24) is 15.6 Å². The molecule has 0 saturated carbocycles. The minimum Gasteiger partial charge on any atom is -0.390 e. The van der Waals surface area contributed by atoms with Crippen LogP contribution >= 0.6 is 0 Å². The van der Waals surface area contributed by atoms with Gasteiger partial charge in [-0.05, 0) is 30.5 Å². The lowest BCUT2D eigenvalue weighted by Gasteiger charge is -2.30. The van der Waals surface area contributed by atoms with Gasteiger partial charge in [-0.3, -0.25) is 9.69 Å². The second-order valence-electron chi connectivity index (χ2n) is 5.84. The highest BCUT2D eigenvalue weighted by molar-refractivity contribution is 6.43. The molecule has 130 valence electrons. The number of hydrogen-bond acceptors (Lipinski definition) is 5. The molecule has 0 aromatic heterocycles. The van der Waals surface area contributed by atoms with Gasteiger partial charge in [-0.25, -0.2) is 0 Å². The molecule has 1 aromatic carbocycles. The predicted molar refractivity (Wildman–Crippen MR) is 95.7 cm³/mol. The van der Waals surface area contributed by atoms with Crippen molar-refractivity contribution in [2.45, 2.75) is 26.0 Å². The van der Waals surface area contributed by atoms with Gasteiger partial charge in [0.15, 0.2) is 0 Å². The fourth-order valence-corrected chi connectivity index (χ4v) is 2.82. The maximum absolute atomic E-state index is 12.0. The fraction of sp³-hybridized carbons (Fsp3) is 0.444. The van der Waals surface area contributed by atoms with Crippen LogP contribution in [-0.2, 0) is 17.8 Å². The number of amides is 1. The molecule has 0 aliphatic carbocycles. The first kappa shape index (κ1) is 18.2. The highest BCUT2D eigenvalue weighted by atomic mass is 16.3. The minimum absolute atomic E-state index is 0.206. The number of hydrazone groups is 1. The van der Waals surface area contributed by atoms with E-state index in [1.54, 1.807) is 19.2 Å². The second kappa shape index (κ2) is 9.20. The van der Waals surface area contributed by atoms with Crippen LogP contribution in [0, 0.1) is 0 Å². The summed E-state index contributed by atoms with van der Waals surface area (Å²) < 4.78 is 0. The molecule has 0 fully saturated rings. The number of β-amino-alcohol motifs (C(OH)–C–C–N with tert-alkyl or cyclic N) is 1. The minimum atomic E-state index is -0.611. The summed E-state index contributed by atoms with van der Waals surface area (Å²) >= 11 is 0. The predicted octanol–water partition coefficient (Wildman–Crippen LogP) is 0.673. The van der Waals surface area contributed by atoms with Crippen LogP contribution in [0.15, 0.2) is 41.5 Å². The van der Waals surface area contributed by atoms with E-state index in [4.69, 9.17) is 0 Å². The van der Waals surface area contributed by atoms with E-state index in [2.05, 4.69) is 38.9 Å². The van der Waals surface area contributed by atoms with Crippen LogP contribution in [0.5, 0.6) is 0 Å². The van der Waals surface area contributed by atoms with E-state index >= 15 is 0 Å². The first-order chi connectivity index (χ1) is 11.6. The zero-order valence-electron chi connectivity index (χ0n) is 14.3. The van der Waals surface area contributed by atoms with Crippen LogP contribution in [0.2, 0.25) is 0 Å². The summed E-state index contributed by atoms with van der Waals surface area (Å²) in [5.74, 6) is -0.300. The lowest BCUT2D eigenvalue weighted by Crippen LogP contribution is -2.43. The zero-order chi connectivity index (χ0) is 17.4. The highest BCUT2D eigenvalue weighted by Crippen LogP contribution is 2.18. The molecule has 24 heavy (non-hydrogen) atoms. The number of allylic oxidation sites excluding steroid dienone is 1. The molecule has 3 N–H and O–H groups in total. The van der Waals surface area contributed by atoms with E-state index in [-0.39, 0.29) is 12.5 Å². The number of benzene rings is 1. The normalized spacial score (nSPS) is 16.7. The molecule has 6 nitrogen and oxygen atoms in total. The standard InChI is InChI=1S/C18H26N4O2/c1-3-6-17(21-19-2)18(24)20-11-16(23)13-22-10-9-14-7-4-5-8-15(14)12-22/h3-8,16,19,23H,9-13H2,1-2H3,(H,20,24)/b6-3-,21-17+. The number of nitrogens with one attached hydrogen (secondary N) is 2. The number of aliphatic hydroxyl groups is 1. The van der Waals surface area contributed by atoms with Gasteiger partial charge < -0.3 is 15.8 Å². The Morgan fingerprint density at radius 1 is 1.42 bits per heavy atom. The average Bonchev–Trinajstić information content (AvgIpc) is 2.59. The van der Waals surface area contributed by atoms with Crippen molar-refractivity contribution in [3.05, 3.63) is 47.5 Å². The Balaban J connectivity index is 1.80. The SMILES string of the molecule is C/C=C\C(=N/NC)C(=O)NCC(O)CN1CCc2ccccc2C1. The van der Waals surface area contributed by atoms with E-state index < -0.39 is 6.10 Å². The Labute approximate surface area is 143 Å². The summed E-state index contributed by atoms with van der Waals surface area (Å²) in [6, 6.07) is 8.40. The maximum atomic E-state index is 12.0. The van der Waals surface area contributed by atoms with Gasteiger partial charge in [0.2, 0.25) is 0 Å². The van der Waals surface area contributed by atoms with Crippen molar-refractivity contribution in [3.8, 4) is 0 Å².